The summed E-state index contributed by atoms with van der Waals surface area (Å²) in [6.45, 7) is 0. The van der Waals surface area contributed by atoms with Crippen LogP contribution in [0.5, 0.6) is 11.5 Å². The number of carbonyl (C=O) groups is 1. The average molecular weight is 248 g/mol. The molecule has 0 spiro atoms. The molecule has 0 amide bonds. The predicted octanol–water partition coefficient (Wildman–Crippen LogP) is 1.08. The van der Waals surface area contributed by atoms with E-state index in [0.717, 1.165) is 0 Å². The maximum atomic E-state index is 10.9. The Morgan fingerprint density at radius 2 is 2.06 bits per heavy atom. The Bertz CT molecular complexity index is 370. The topological polar surface area (TPSA) is 92.8 Å². The zero-order valence-electron chi connectivity index (χ0n) is 8.71. The van der Waals surface area contributed by atoms with Crippen molar-refractivity contribution in [3.8, 4) is 11.5 Å². The molecule has 1 aromatic carbocycles. The molecule has 0 saturated heterocycles. The Balaban J connectivity index is 0.00000225. The zero-order valence-corrected chi connectivity index (χ0v) is 9.53. The van der Waals surface area contributed by atoms with Crippen molar-refractivity contribution in [2.75, 3.05) is 7.11 Å². The van der Waals surface area contributed by atoms with Gasteiger partial charge < -0.3 is 20.7 Å². The van der Waals surface area contributed by atoms with Crippen molar-refractivity contribution in [2.45, 2.75) is 12.5 Å². The van der Waals surface area contributed by atoms with Gasteiger partial charge in [0.2, 0.25) is 0 Å². The lowest BCUT2D eigenvalue weighted by Crippen LogP contribution is -2.16. The Kier molecular flexibility index (Phi) is 5.63. The van der Waals surface area contributed by atoms with Gasteiger partial charge in [0.05, 0.1) is 13.5 Å². The molecule has 6 heteroatoms. The zero-order chi connectivity index (χ0) is 11.4. The van der Waals surface area contributed by atoms with Crippen molar-refractivity contribution in [3.63, 3.8) is 0 Å². The van der Waals surface area contributed by atoms with Crippen LogP contribution < -0.4 is 5.73 Å². The number of phenols is 2. The summed E-state index contributed by atoms with van der Waals surface area (Å²) in [4.78, 5) is 10.9. The molecule has 90 valence electrons. The molecule has 0 aliphatic heterocycles. The lowest BCUT2D eigenvalue weighted by Gasteiger charge is -2.11. The molecule has 0 aliphatic rings. The molecule has 16 heavy (non-hydrogen) atoms. The van der Waals surface area contributed by atoms with E-state index in [4.69, 9.17) is 10.8 Å². The maximum Gasteiger partial charge on any atom is 0.307 e. The summed E-state index contributed by atoms with van der Waals surface area (Å²) in [5, 5.41) is 18.3. The number of aromatic hydroxyl groups is 2. The van der Waals surface area contributed by atoms with E-state index in [-0.39, 0.29) is 30.3 Å². The largest absolute Gasteiger partial charge is 0.504 e. The van der Waals surface area contributed by atoms with Crippen molar-refractivity contribution in [1.29, 1.82) is 0 Å². The minimum atomic E-state index is -0.552. The average Bonchev–Trinajstić information content (AvgIpc) is 2.21. The summed E-state index contributed by atoms with van der Waals surface area (Å²) in [6, 6.07) is 3.64. The van der Waals surface area contributed by atoms with Crippen molar-refractivity contribution in [1.82, 2.24) is 0 Å². The molecule has 0 unspecified atom stereocenters. The SMILES string of the molecule is COC(=O)C[C@@H](N)c1ccc(O)c(O)c1.Cl. The number of nitrogens with two attached hydrogens (primary N) is 1. The molecule has 0 saturated carbocycles. The van der Waals surface area contributed by atoms with Crippen LogP contribution in [0.4, 0.5) is 0 Å². The standard InChI is InChI=1S/C10H13NO4.ClH/c1-15-10(14)5-7(11)6-2-3-8(12)9(13)4-6;/h2-4,7,12-13H,5,11H2,1H3;1H/t7-;/m1./s1. The second-order valence-corrected chi connectivity index (χ2v) is 3.13. The number of benzene rings is 1. The monoisotopic (exact) mass is 247 g/mol. The van der Waals surface area contributed by atoms with Crippen molar-refractivity contribution >= 4 is 18.4 Å². The van der Waals surface area contributed by atoms with E-state index in [0.29, 0.717) is 5.56 Å². The van der Waals surface area contributed by atoms with Crippen molar-refractivity contribution < 1.29 is 19.7 Å². The first kappa shape index (κ1) is 14.5. The number of hydrogen-bond donors (Lipinski definition) is 3. The molecule has 0 heterocycles. The van der Waals surface area contributed by atoms with Gasteiger partial charge in [-0.2, -0.15) is 0 Å². The van der Waals surface area contributed by atoms with E-state index in [1.807, 2.05) is 0 Å². The van der Waals surface area contributed by atoms with Crippen LogP contribution in [-0.2, 0) is 9.53 Å². The van der Waals surface area contributed by atoms with Gasteiger partial charge in [0.25, 0.3) is 0 Å². The van der Waals surface area contributed by atoms with E-state index in [9.17, 15) is 9.90 Å². The maximum absolute atomic E-state index is 10.9. The molecular weight excluding hydrogens is 234 g/mol. The molecule has 1 rings (SSSR count). The van der Waals surface area contributed by atoms with Gasteiger partial charge in [-0.05, 0) is 17.7 Å². The third-order valence-electron chi connectivity index (χ3n) is 2.04. The number of carbonyl (C=O) groups excluding carboxylic acids is 1. The van der Waals surface area contributed by atoms with Gasteiger partial charge in [0.15, 0.2) is 11.5 Å². The number of esters is 1. The summed E-state index contributed by atoms with van der Waals surface area (Å²) in [5.74, 6) is -0.896. The highest BCUT2D eigenvalue weighted by molar-refractivity contribution is 5.85. The number of rotatable bonds is 3. The lowest BCUT2D eigenvalue weighted by molar-refractivity contribution is -0.141. The first-order chi connectivity index (χ1) is 7.04. The number of halogens is 1. The molecule has 0 bridgehead atoms. The fourth-order valence-electron chi connectivity index (χ4n) is 1.15. The normalized spacial score (nSPS) is 11.4. The Morgan fingerprint density at radius 1 is 1.44 bits per heavy atom. The highest BCUT2D eigenvalue weighted by atomic mass is 35.5. The van der Waals surface area contributed by atoms with Crippen molar-refractivity contribution in [2.24, 2.45) is 5.73 Å². The van der Waals surface area contributed by atoms with Crippen molar-refractivity contribution in [3.05, 3.63) is 23.8 Å². The van der Waals surface area contributed by atoms with Gasteiger partial charge in [-0.3, -0.25) is 4.79 Å². The first-order valence-corrected chi connectivity index (χ1v) is 4.39. The van der Waals surface area contributed by atoms with Crippen LogP contribution in [0.15, 0.2) is 18.2 Å². The van der Waals surface area contributed by atoms with Crippen LogP contribution in [0, 0.1) is 0 Å². The Morgan fingerprint density at radius 3 is 2.56 bits per heavy atom. The van der Waals surface area contributed by atoms with Gasteiger partial charge in [-0.25, -0.2) is 0 Å². The second kappa shape index (κ2) is 6.19. The van der Waals surface area contributed by atoms with E-state index in [1.54, 1.807) is 6.07 Å². The third-order valence-corrected chi connectivity index (χ3v) is 2.04. The Hall–Kier alpha value is -1.46. The third kappa shape index (κ3) is 3.60. The molecular formula is C10H14ClNO4. The fourth-order valence-corrected chi connectivity index (χ4v) is 1.15. The fraction of sp³-hybridized carbons (Fsp3) is 0.300. The van der Waals surface area contributed by atoms with E-state index >= 15 is 0 Å². The van der Waals surface area contributed by atoms with Gasteiger partial charge in [-0.1, -0.05) is 6.07 Å². The van der Waals surface area contributed by atoms with Gasteiger partial charge in [0.1, 0.15) is 0 Å². The molecule has 4 N–H and O–H groups in total. The van der Waals surface area contributed by atoms with Crippen LogP contribution in [0.2, 0.25) is 0 Å². The van der Waals surface area contributed by atoms with Gasteiger partial charge in [-0.15, -0.1) is 12.4 Å². The predicted molar refractivity (Wildman–Crippen MR) is 60.6 cm³/mol. The molecule has 1 aromatic rings. The van der Waals surface area contributed by atoms with Crippen LogP contribution in [0.1, 0.15) is 18.0 Å². The highest BCUT2D eigenvalue weighted by Crippen LogP contribution is 2.27. The van der Waals surface area contributed by atoms with Crippen LogP contribution in [0.3, 0.4) is 0 Å². The second-order valence-electron chi connectivity index (χ2n) is 3.13. The van der Waals surface area contributed by atoms with Gasteiger partial charge >= 0.3 is 5.97 Å². The van der Waals surface area contributed by atoms with E-state index in [2.05, 4.69) is 4.74 Å². The van der Waals surface area contributed by atoms with Gasteiger partial charge in [0, 0.05) is 6.04 Å². The molecule has 0 aliphatic carbocycles. The molecule has 0 fully saturated rings. The molecule has 0 aromatic heterocycles. The number of ether oxygens (including phenoxy) is 1. The first-order valence-electron chi connectivity index (χ1n) is 4.39. The summed E-state index contributed by atoms with van der Waals surface area (Å²) in [5.41, 5.74) is 6.26. The Labute approximate surface area is 99.2 Å². The number of methoxy groups -OCH3 is 1. The molecule has 1 atom stereocenters. The minimum Gasteiger partial charge on any atom is -0.504 e. The highest BCUT2D eigenvalue weighted by Gasteiger charge is 2.13. The quantitative estimate of drug-likeness (QED) is 0.549. The van der Waals surface area contributed by atoms with Crippen LogP contribution in [0.25, 0.3) is 0 Å². The number of hydrogen-bond acceptors (Lipinski definition) is 5. The molecule has 5 nitrogen and oxygen atoms in total. The minimum absolute atomic E-state index is 0. The van der Waals surface area contributed by atoms with Crippen LogP contribution >= 0.6 is 12.4 Å². The van der Waals surface area contributed by atoms with Crippen LogP contribution in [-0.4, -0.2) is 23.3 Å². The summed E-state index contributed by atoms with van der Waals surface area (Å²) < 4.78 is 4.47. The number of phenolic OH excluding ortho intramolecular Hbond substituents is 2. The van der Waals surface area contributed by atoms with E-state index in [1.165, 1.54) is 19.2 Å². The summed E-state index contributed by atoms with van der Waals surface area (Å²) in [7, 11) is 1.28. The molecule has 0 radical (unpaired) electrons. The summed E-state index contributed by atoms with van der Waals surface area (Å²) in [6.07, 6.45) is 0.0285. The summed E-state index contributed by atoms with van der Waals surface area (Å²) >= 11 is 0. The van der Waals surface area contributed by atoms with E-state index < -0.39 is 12.0 Å². The lowest BCUT2D eigenvalue weighted by atomic mass is 10.0. The smallest absolute Gasteiger partial charge is 0.307 e.